The number of anilines is 2. The molecule has 0 aromatic heterocycles. The Labute approximate surface area is 103 Å². The number of nitrogens with zero attached hydrogens (tertiary/aromatic N) is 2. The van der Waals surface area contributed by atoms with Crippen molar-refractivity contribution in [1.29, 1.82) is 0 Å². The Balaban J connectivity index is 2.29. The topological polar surface area (TPSA) is 117 Å². The molecule has 0 fully saturated rings. The number of hydrogen-bond acceptors (Lipinski definition) is 6. The van der Waals surface area contributed by atoms with E-state index in [1.165, 1.54) is 24.3 Å². The minimum Gasteiger partial charge on any atom is -0.508 e. The van der Waals surface area contributed by atoms with Crippen LogP contribution < -0.4 is 11.5 Å². The molecule has 0 saturated carbocycles. The Bertz CT molecular complexity index is 594. The van der Waals surface area contributed by atoms with Crippen molar-refractivity contribution < 1.29 is 10.2 Å². The monoisotopic (exact) mass is 244 g/mol. The summed E-state index contributed by atoms with van der Waals surface area (Å²) in [5, 5.41) is 26.3. The average Bonchev–Trinajstić information content (AvgIpc) is 2.37. The molecular weight excluding hydrogens is 232 g/mol. The fraction of sp³-hybridized carbons (Fsp3) is 0. The summed E-state index contributed by atoms with van der Waals surface area (Å²) >= 11 is 0. The standard InChI is InChI=1S/C12H12N4O2/c13-11-9(5-6-10(18)12(11)14)16-15-7-1-3-8(17)4-2-7/h1-6,17-18H,13-14H2. The number of nitrogens with two attached hydrogens (primary N) is 2. The maximum absolute atomic E-state index is 9.34. The first kappa shape index (κ1) is 11.7. The van der Waals surface area contributed by atoms with Crippen molar-refractivity contribution in [2.24, 2.45) is 10.2 Å². The molecule has 0 heterocycles. The van der Waals surface area contributed by atoms with Crippen molar-refractivity contribution in [3.05, 3.63) is 36.4 Å². The Morgan fingerprint density at radius 2 is 1.44 bits per heavy atom. The van der Waals surface area contributed by atoms with Crippen LogP contribution in [-0.4, -0.2) is 10.2 Å². The van der Waals surface area contributed by atoms with Crippen LogP contribution in [0.25, 0.3) is 0 Å². The first-order valence-corrected chi connectivity index (χ1v) is 5.15. The summed E-state index contributed by atoms with van der Waals surface area (Å²) in [6.07, 6.45) is 0. The highest BCUT2D eigenvalue weighted by molar-refractivity contribution is 5.81. The minimum atomic E-state index is -0.0870. The van der Waals surface area contributed by atoms with E-state index in [9.17, 15) is 5.11 Å². The number of phenolic OH excluding ortho intramolecular Hbond substituents is 2. The second-order valence-electron chi connectivity index (χ2n) is 3.65. The van der Waals surface area contributed by atoms with Crippen molar-refractivity contribution in [2.45, 2.75) is 0 Å². The summed E-state index contributed by atoms with van der Waals surface area (Å²) in [6, 6.07) is 9.14. The molecule has 0 aliphatic carbocycles. The lowest BCUT2D eigenvalue weighted by Gasteiger charge is -2.04. The van der Waals surface area contributed by atoms with Gasteiger partial charge in [-0.1, -0.05) is 0 Å². The van der Waals surface area contributed by atoms with Gasteiger partial charge in [0, 0.05) is 0 Å². The lowest BCUT2D eigenvalue weighted by Crippen LogP contribution is -1.94. The predicted octanol–water partition coefficient (Wildman–Crippen LogP) is 2.68. The predicted molar refractivity (Wildman–Crippen MR) is 69.2 cm³/mol. The quantitative estimate of drug-likeness (QED) is 0.369. The first-order valence-electron chi connectivity index (χ1n) is 5.15. The highest BCUT2D eigenvalue weighted by Crippen LogP contribution is 2.35. The van der Waals surface area contributed by atoms with E-state index in [0.29, 0.717) is 11.4 Å². The fourth-order valence-corrected chi connectivity index (χ4v) is 1.33. The fourth-order valence-electron chi connectivity index (χ4n) is 1.33. The van der Waals surface area contributed by atoms with Gasteiger partial charge in [-0.3, -0.25) is 0 Å². The second kappa shape index (κ2) is 4.62. The van der Waals surface area contributed by atoms with Gasteiger partial charge in [-0.05, 0) is 36.4 Å². The van der Waals surface area contributed by atoms with Gasteiger partial charge in [0.25, 0.3) is 0 Å². The number of phenols is 2. The van der Waals surface area contributed by atoms with E-state index in [2.05, 4.69) is 10.2 Å². The number of aromatic hydroxyl groups is 2. The van der Waals surface area contributed by atoms with Gasteiger partial charge in [0.05, 0.1) is 17.1 Å². The normalized spacial score (nSPS) is 10.9. The molecule has 0 aliphatic rings. The largest absolute Gasteiger partial charge is 0.508 e. The minimum absolute atomic E-state index is 0.0807. The summed E-state index contributed by atoms with van der Waals surface area (Å²) in [4.78, 5) is 0. The summed E-state index contributed by atoms with van der Waals surface area (Å²) in [5.41, 5.74) is 12.5. The van der Waals surface area contributed by atoms with Crippen LogP contribution in [-0.2, 0) is 0 Å². The number of nitrogen functional groups attached to an aromatic ring is 2. The van der Waals surface area contributed by atoms with E-state index in [0.717, 1.165) is 0 Å². The van der Waals surface area contributed by atoms with Crippen LogP contribution >= 0.6 is 0 Å². The summed E-state index contributed by atoms with van der Waals surface area (Å²) in [7, 11) is 0. The molecule has 0 unspecified atom stereocenters. The Hall–Kier alpha value is -2.76. The van der Waals surface area contributed by atoms with Gasteiger partial charge in [-0.2, -0.15) is 5.11 Å². The molecular formula is C12H12N4O2. The van der Waals surface area contributed by atoms with Gasteiger partial charge in [0.15, 0.2) is 0 Å². The molecule has 0 saturated heterocycles. The van der Waals surface area contributed by atoms with E-state index >= 15 is 0 Å². The molecule has 2 aromatic rings. The third-order valence-corrected chi connectivity index (χ3v) is 2.36. The SMILES string of the molecule is Nc1c(O)ccc(N=Nc2ccc(O)cc2)c1N. The molecule has 6 heteroatoms. The summed E-state index contributed by atoms with van der Waals surface area (Å²) < 4.78 is 0. The molecule has 18 heavy (non-hydrogen) atoms. The molecule has 0 atom stereocenters. The third kappa shape index (κ3) is 2.32. The smallest absolute Gasteiger partial charge is 0.140 e. The molecule has 2 rings (SSSR count). The van der Waals surface area contributed by atoms with Crippen molar-refractivity contribution in [3.8, 4) is 11.5 Å². The number of hydrogen-bond donors (Lipinski definition) is 4. The van der Waals surface area contributed by atoms with E-state index in [4.69, 9.17) is 16.6 Å². The van der Waals surface area contributed by atoms with Gasteiger partial charge >= 0.3 is 0 Å². The molecule has 6 nitrogen and oxygen atoms in total. The molecule has 0 bridgehead atoms. The van der Waals surface area contributed by atoms with Crippen LogP contribution in [0.1, 0.15) is 0 Å². The number of azo groups is 1. The van der Waals surface area contributed by atoms with Gasteiger partial charge in [-0.15, -0.1) is 5.11 Å². The van der Waals surface area contributed by atoms with Gasteiger partial charge < -0.3 is 21.7 Å². The van der Waals surface area contributed by atoms with Gasteiger partial charge in [-0.25, -0.2) is 0 Å². The maximum atomic E-state index is 9.34. The molecule has 6 N–H and O–H groups in total. The highest BCUT2D eigenvalue weighted by Gasteiger charge is 2.06. The van der Waals surface area contributed by atoms with E-state index in [-0.39, 0.29) is 22.9 Å². The molecule has 0 amide bonds. The van der Waals surface area contributed by atoms with Crippen molar-refractivity contribution >= 4 is 22.7 Å². The van der Waals surface area contributed by atoms with E-state index in [1.54, 1.807) is 12.1 Å². The lowest BCUT2D eigenvalue weighted by atomic mass is 10.2. The Kier molecular flexibility index (Phi) is 3.01. The molecule has 0 radical (unpaired) electrons. The van der Waals surface area contributed by atoms with E-state index < -0.39 is 0 Å². The summed E-state index contributed by atoms with van der Waals surface area (Å²) in [5.74, 6) is 0.0680. The van der Waals surface area contributed by atoms with Crippen LogP contribution in [0.3, 0.4) is 0 Å². The number of rotatable bonds is 2. The zero-order chi connectivity index (χ0) is 13.1. The molecule has 2 aromatic carbocycles. The van der Waals surface area contributed by atoms with E-state index in [1.807, 2.05) is 0 Å². The average molecular weight is 244 g/mol. The van der Waals surface area contributed by atoms with Crippen LogP contribution in [0.4, 0.5) is 22.7 Å². The van der Waals surface area contributed by atoms with Crippen LogP contribution in [0.2, 0.25) is 0 Å². The summed E-state index contributed by atoms with van der Waals surface area (Å²) in [6.45, 7) is 0. The van der Waals surface area contributed by atoms with Crippen molar-refractivity contribution in [2.75, 3.05) is 11.5 Å². The van der Waals surface area contributed by atoms with Crippen molar-refractivity contribution in [3.63, 3.8) is 0 Å². The first-order chi connectivity index (χ1) is 8.58. The lowest BCUT2D eigenvalue weighted by molar-refractivity contribution is 0.475. The van der Waals surface area contributed by atoms with Crippen LogP contribution in [0.15, 0.2) is 46.6 Å². The zero-order valence-corrected chi connectivity index (χ0v) is 9.41. The maximum Gasteiger partial charge on any atom is 0.140 e. The molecule has 0 aliphatic heterocycles. The highest BCUT2D eigenvalue weighted by atomic mass is 16.3. The third-order valence-electron chi connectivity index (χ3n) is 2.36. The second-order valence-corrected chi connectivity index (χ2v) is 3.65. The molecule has 92 valence electrons. The van der Waals surface area contributed by atoms with Gasteiger partial charge in [0.2, 0.25) is 0 Å². The van der Waals surface area contributed by atoms with Crippen LogP contribution in [0.5, 0.6) is 11.5 Å². The van der Waals surface area contributed by atoms with Gasteiger partial charge in [0.1, 0.15) is 17.2 Å². The Morgan fingerprint density at radius 3 is 2.11 bits per heavy atom. The molecule has 0 spiro atoms. The zero-order valence-electron chi connectivity index (χ0n) is 9.41. The number of benzene rings is 2. The van der Waals surface area contributed by atoms with Crippen LogP contribution in [0, 0.1) is 0 Å². The van der Waals surface area contributed by atoms with Crippen molar-refractivity contribution in [1.82, 2.24) is 0 Å². The Morgan fingerprint density at radius 1 is 0.778 bits per heavy atom.